The fraction of sp³-hybridized carbons (Fsp3) is 0.533. The first kappa shape index (κ1) is 16.1. The predicted molar refractivity (Wildman–Crippen MR) is 73.8 cm³/mol. The van der Waals surface area contributed by atoms with Gasteiger partial charge in [0.15, 0.2) is 5.78 Å². The van der Waals surface area contributed by atoms with Gasteiger partial charge in [0, 0.05) is 11.5 Å². The molecule has 0 atom stereocenters. The first-order valence-electron chi connectivity index (χ1n) is 6.77. The van der Waals surface area contributed by atoms with Gasteiger partial charge in [-0.3, -0.25) is 4.79 Å². The van der Waals surface area contributed by atoms with Crippen molar-refractivity contribution < 1.29 is 22.7 Å². The molecule has 2 nitrogen and oxygen atoms in total. The summed E-state index contributed by atoms with van der Waals surface area (Å²) in [5, 5.41) is 0.398. The fourth-order valence-electron chi connectivity index (χ4n) is 2.73. The van der Waals surface area contributed by atoms with E-state index < -0.39 is 12.1 Å². The molecule has 0 bridgehead atoms. The molecular weight excluding hydrogens is 305 g/mol. The smallest absolute Gasteiger partial charge is 0.391 e. The largest absolute Gasteiger partial charge is 0.495 e. The van der Waals surface area contributed by atoms with E-state index in [1.54, 1.807) is 18.2 Å². The van der Waals surface area contributed by atoms with Gasteiger partial charge in [-0.05, 0) is 43.9 Å². The van der Waals surface area contributed by atoms with Gasteiger partial charge in [-0.1, -0.05) is 11.6 Å². The highest BCUT2D eigenvalue weighted by Gasteiger charge is 2.42. The SMILES string of the molecule is COc1cc(C(=O)C2CCC(C(F)(F)F)CC2)ccc1Cl. The number of alkyl halides is 3. The van der Waals surface area contributed by atoms with E-state index >= 15 is 0 Å². The number of hydrogen-bond acceptors (Lipinski definition) is 2. The summed E-state index contributed by atoms with van der Waals surface area (Å²) in [5.74, 6) is -1.37. The van der Waals surface area contributed by atoms with E-state index in [1.807, 2.05) is 0 Å². The quantitative estimate of drug-likeness (QED) is 0.740. The molecule has 0 radical (unpaired) electrons. The Morgan fingerprint density at radius 3 is 2.38 bits per heavy atom. The van der Waals surface area contributed by atoms with Crippen LogP contribution in [0.4, 0.5) is 13.2 Å². The van der Waals surface area contributed by atoms with Gasteiger partial charge < -0.3 is 4.74 Å². The minimum Gasteiger partial charge on any atom is -0.495 e. The number of ether oxygens (including phenoxy) is 1. The summed E-state index contributed by atoms with van der Waals surface area (Å²) in [6, 6.07) is 4.69. The van der Waals surface area contributed by atoms with Crippen LogP contribution in [0.25, 0.3) is 0 Å². The summed E-state index contributed by atoms with van der Waals surface area (Å²) >= 11 is 5.89. The molecule has 1 fully saturated rings. The van der Waals surface area contributed by atoms with E-state index in [4.69, 9.17) is 16.3 Å². The molecule has 0 aliphatic heterocycles. The minimum atomic E-state index is -4.16. The topological polar surface area (TPSA) is 26.3 Å². The van der Waals surface area contributed by atoms with Gasteiger partial charge in [0.25, 0.3) is 0 Å². The molecule has 0 spiro atoms. The van der Waals surface area contributed by atoms with E-state index in [0.717, 1.165) is 0 Å². The van der Waals surface area contributed by atoms with Crippen LogP contribution in [0.15, 0.2) is 18.2 Å². The maximum Gasteiger partial charge on any atom is 0.391 e. The zero-order valence-electron chi connectivity index (χ0n) is 11.5. The van der Waals surface area contributed by atoms with Gasteiger partial charge in [-0.2, -0.15) is 13.2 Å². The molecule has 2 rings (SSSR count). The molecule has 1 aromatic carbocycles. The van der Waals surface area contributed by atoms with E-state index in [9.17, 15) is 18.0 Å². The van der Waals surface area contributed by atoms with Crippen LogP contribution >= 0.6 is 11.6 Å². The average molecular weight is 321 g/mol. The number of methoxy groups -OCH3 is 1. The second-order valence-electron chi connectivity index (χ2n) is 5.30. The van der Waals surface area contributed by atoms with Crippen molar-refractivity contribution in [2.75, 3.05) is 7.11 Å². The molecule has 0 N–H and O–H groups in total. The van der Waals surface area contributed by atoms with Crippen LogP contribution in [-0.4, -0.2) is 19.1 Å². The van der Waals surface area contributed by atoms with Gasteiger partial charge in [-0.15, -0.1) is 0 Å². The zero-order chi connectivity index (χ0) is 15.6. The Morgan fingerprint density at radius 1 is 1.24 bits per heavy atom. The Hall–Kier alpha value is -1.23. The van der Waals surface area contributed by atoms with Crippen molar-refractivity contribution in [3.05, 3.63) is 28.8 Å². The Kier molecular flexibility index (Phi) is 4.81. The molecule has 116 valence electrons. The van der Waals surface area contributed by atoms with Crippen LogP contribution in [0.1, 0.15) is 36.0 Å². The van der Waals surface area contributed by atoms with Crippen molar-refractivity contribution in [1.82, 2.24) is 0 Å². The lowest BCUT2D eigenvalue weighted by molar-refractivity contribution is -0.183. The third kappa shape index (κ3) is 3.70. The second kappa shape index (κ2) is 6.26. The lowest BCUT2D eigenvalue weighted by Crippen LogP contribution is -2.30. The van der Waals surface area contributed by atoms with E-state index in [0.29, 0.717) is 16.3 Å². The Bertz CT molecular complexity index is 520. The predicted octanol–water partition coefficient (Wildman–Crippen LogP) is 4.90. The summed E-state index contributed by atoms with van der Waals surface area (Å²) in [6.07, 6.45) is -3.57. The highest BCUT2D eigenvalue weighted by Crippen LogP contribution is 2.40. The number of hydrogen-bond donors (Lipinski definition) is 0. The minimum absolute atomic E-state index is 0.0185. The molecule has 1 aliphatic rings. The maximum atomic E-state index is 12.6. The molecule has 0 heterocycles. The standard InChI is InChI=1S/C15H16ClF3O2/c1-21-13-8-10(4-7-12(13)16)14(20)9-2-5-11(6-3-9)15(17,18)19/h4,7-9,11H,2-3,5-6H2,1H3. The first-order chi connectivity index (χ1) is 9.82. The number of ketones is 1. The number of benzene rings is 1. The Morgan fingerprint density at radius 2 is 1.86 bits per heavy atom. The van der Waals surface area contributed by atoms with Crippen LogP contribution in [0.2, 0.25) is 5.02 Å². The normalized spacial score (nSPS) is 22.9. The highest BCUT2D eigenvalue weighted by atomic mass is 35.5. The number of Topliss-reactive ketones (excluding diaryl/α,β-unsaturated/α-hetero) is 1. The number of carbonyl (C=O) groups excluding carboxylic acids is 1. The third-order valence-electron chi connectivity index (χ3n) is 4.00. The Labute approximate surface area is 126 Å². The van der Waals surface area contributed by atoms with Gasteiger partial charge in [0.2, 0.25) is 0 Å². The molecular formula is C15H16ClF3O2. The van der Waals surface area contributed by atoms with Crippen LogP contribution in [-0.2, 0) is 0 Å². The van der Waals surface area contributed by atoms with Crippen molar-refractivity contribution >= 4 is 17.4 Å². The molecule has 0 aromatic heterocycles. The molecule has 1 saturated carbocycles. The average Bonchev–Trinajstić information content (AvgIpc) is 2.46. The second-order valence-corrected chi connectivity index (χ2v) is 5.71. The van der Waals surface area contributed by atoms with E-state index in [-0.39, 0.29) is 37.4 Å². The Balaban J connectivity index is 2.05. The highest BCUT2D eigenvalue weighted by molar-refractivity contribution is 6.32. The van der Waals surface area contributed by atoms with E-state index in [2.05, 4.69) is 0 Å². The maximum absolute atomic E-state index is 12.6. The van der Waals surface area contributed by atoms with Crippen LogP contribution in [0.3, 0.4) is 0 Å². The van der Waals surface area contributed by atoms with Gasteiger partial charge in [0.1, 0.15) is 5.75 Å². The number of halogens is 4. The van der Waals surface area contributed by atoms with Crippen LogP contribution in [0.5, 0.6) is 5.75 Å². The molecule has 21 heavy (non-hydrogen) atoms. The van der Waals surface area contributed by atoms with Gasteiger partial charge in [-0.25, -0.2) is 0 Å². The summed E-state index contributed by atoms with van der Waals surface area (Å²) < 4.78 is 42.9. The monoisotopic (exact) mass is 320 g/mol. The molecule has 0 saturated heterocycles. The summed E-state index contributed by atoms with van der Waals surface area (Å²) in [5.41, 5.74) is 0.437. The first-order valence-corrected chi connectivity index (χ1v) is 7.15. The third-order valence-corrected chi connectivity index (χ3v) is 4.31. The number of rotatable bonds is 3. The summed E-state index contributed by atoms with van der Waals surface area (Å²) in [7, 11) is 1.45. The van der Waals surface area contributed by atoms with E-state index in [1.165, 1.54) is 7.11 Å². The number of carbonyl (C=O) groups is 1. The van der Waals surface area contributed by atoms with Crippen molar-refractivity contribution in [1.29, 1.82) is 0 Å². The molecule has 1 aliphatic carbocycles. The summed E-state index contributed by atoms with van der Waals surface area (Å²) in [4.78, 5) is 12.4. The fourth-order valence-corrected chi connectivity index (χ4v) is 2.93. The molecule has 0 amide bonds. The molecule has 6 heteroatoms. The van der Waals surface area contributed by atoms with Crippen molar-refractivity contribution in [3.8, 4) is 5.75 Å². The lowest BCUT2D eigenvalue weighted by atomic mass is 9.78. The zero-order valence-corrected chi connectivity index (χ0v) is 12.3. The summed E-state index contributed by atoms with van der Waals surface area (Å²) in [6.45, 7) is 0. The molecule has 0 unspecified atom stereocenters. The van der Waals surface area contributed by atoms with Gasteiger partial charge >= 0.3 is 6.18 Å². The van der Waals surface area contributed by atoms with Crippen LogP contribution < -0.4 is 4.74 Å². The molecule has 1 aromatic rings. The van der Waals surface area contributed by atoms with Crippen molar-refractivity contribution in [2.45, 2.75) is 31.9 Å². The lowest BCUT2D eigenvalue weighted by Gasteiger charge is -2.29. The van der Waals surface area contributed by atoms with Gasteiger partial charge in [0.05, 0.1) is 18.1 Å². The van der Waals surface area contributed by atoms with Crippen molar-refractivity contribution in [2.24, 2.45) is 11.8 Å². The van der Waals surface area contributed by atoms with Crippen LogP contribution in [0, 0.1) is 11.8 Å². The van der Waals surface area contributed by atoms with Crippen molar-refractivity contribution in [3.63, 3.8) is 0 Å².